The Morgan fingerprint density at radius 1 is 1.14 bits per heavy atom. The first kappa shape index (κ1) is 13.1. The lowest BCUT2D eigenvalue weighted by Gasteiger charge is -2.14. The van der Waals surface area contributed by atoms with E-state index in [9.17, 15) is 4.57 Å². The smallest absolute Gasteiger partial charge is 0.404 e. The van der Waals surface area contributed by atoms with Crippen molar-refractivity contribution in [2.45, 2.75) is 19.4 Å². The summed E-state index contributed by atoms with van der Waals surface area (Å²) in [5.74, 6) is 0.584. The standard InChI is InChI=1S/C16H15O4P/c1-11-10-18-21(17,19-11)20-16-8-4-7-14-13-6-3-2-5-12(13)9-15(14)16/h2-8,11H,9-10H2,1H3. The van der Waals surface area contributed by atoms with E-state index in [0.29, 0.717) is 12.4 Å². The van der Waals surface area contributed by atoms with Crippen molar-refractivity contribution in [2.75, 3.05) is 6.61 Å². The molecular formula is C16H15O4P. The Balaban J connectivity index is 1.72. The Morgan fingerprint density at radius 2 is 1.95 bits per heavy atom. The van der Waals surface area contributed by atoms with E-state index < -0.39 is 7.82 Å². The van der Waals surface area contributed by atoms with E-state index in [4.69, 9.17) is 13.6 Å². The first-order chi connectivity index (χ1) is 10.1. The molecule has 0 amide bonds. The molecule has 0 aromatic heterocycles. The van der Waals surface area contributed by atoms with Gasteiger partial charge in [0.25, 0.3) is 0 Å². The average molecular weight is 302 g/mol. The minimum Gasteiger partial charge on any atom is -0.404 e. The summed E-state index contributed by atoms with van der Waals surface area (Å²) in [6, 6.07) is 14.0. The molecule has 2 aromatic carbocycles. The molecule has 108 valence electrons. The van der Waals surface area contributed by atoms with Crippen molar-refractivity contribution in [3.63, 3.8) is 0 Å². The summed E-state index contributed by atoms with van der Waals surface area (Å²) in [4.78, 5) is 0. The Labute approximate surface area is 123 Å². The van der Waals surface area contributed by atoms with Crippen LogP contribution >= 0.6 is 7.82 Å². The van der Waals surface area contributed by atoms with Crippen LogP contribution in [-0.2, 0) is 20.0 Å². The van der Waals surface area contributed by atoms with Gasteiger partial charge in [-0.2, -0.15) is 0 Å². The van der Waals surface area contributed by atoms with Crippen LogP contribution in [0.4, 0.5) is 0 Å². The molecule has 0 N–H and O–H groups in total. The van der Waals surface area contributed by atoms with Gasteiger partial charge in [0.05, 0.1) is 12.7 Å². The molecule has 5 heteroatoms. The van der Waals surface area contributed by atoms with Gasteiger partial charge in [-0.3, -0.25) is 9.05 Å². The molecule has 0 saturated carbocycles. The molecule has 0 radical (unpaired) electrons. The summed E-state index contributed by atoms with van der Waals surface area (Å²) in [5.41, 5.74) is 4.63. The zero-order chi connectivity index (χ0) is 14.4. The molecule has 2 unspecified atom stereocenters. The maximum Gasteiger partial charge on any atom is 0.530 e. The Bertz CT molecular complexity index is 756. The van der Waals surface area contributed by atoms with Crippen molar-refractivity contribution in [3.8, 4) is 16.9 Å². The molecular weight excluding hydrogens is 287 g/mol. The second-order valence-electron chi connectivity index (χ2n) is 5.37. The van der Waals surface area contributed by atoms with Crippen molar-refractivity contribution in [1.82, 2.24) is 0 Å². The Hall–Kier alpha value is -1.61. The summed E-state index contributed by atoms with van der Waals surface area (Å²) in [7, 11) is -3.48. The van der Waals surface area contributed by atoms with Crippen LogP contribution in [0, 0.1) is 0 Å². The SMILES string of the molecule is CC1COP(=O)(Oc2cccc3c2Cc2ccccc2-3)O1. The third-order valence-corrected chi connectivity index (χ3v) is 5.30. The monoisotopic (exact) mass is 302 g/mol. The quantitative estimate of drug-likeness (QED) is 0.666. The summed E-state index contributed by atoms with van der Waals surface area (Å²) >= 11 is 0. The normalized spacial score (nSPS) is 26.4. The maximum atomic E-state index is 12.4. The molecule has 2 atom stereocenters. The van der Waals surface area contributed by atoms with Gasteiger partial charge in [-0.05, 0) is 29.7 Å². The minimum absolute atomic E-state index is 0.204. The summed E-state index contributed by atoms with van der Waals surface area (Å²) in [6.45, 7) is 2.11. The molecule has 0 spiro atoms. The van der Waals surface area contributed by atoms with Crippen LogP contribution in [0.25, 0.3) is 11.1 Å². The van der Waals surface area contributed by atoms with Crippen molar-refractivity contribution < 1.29 is 18.1 Å². The topological polar surface area (TPSA) is 44.8 Å². The van der Waals surface area contributed by atoms with E-state index in [0.717, 1.165) is 17.5 Å². The molecule has 4 rings (SSSR count). The van der Waals surface area contributed by atoms with Crippen molar-refractivity contribution in [3.05, 3.63) is 53.6 Å². The molecule has 2 aromatic rings. The molecule has 21 heavy (non-hydrogen) atoms. The van der Waals surface area contributed by atoms with Gasteiger partial charge in [-0.15, -0.1) is 0 Å². The molecule has 4 nitrogen and oxygen atoms in total. The van der Waals surface area contributed by atoms with E-state index in [-0.39, 0.29) is 6.10 Å². The summed E-state index contributed by atoms with van der Waals surface area (Å²) in [6.07, 6.45) is 0.571. The van der Waals surface area contributed by atoms with E-state index in [1.165, 1.54) is 11.1 Å². The highest BCUT2D eigenvalue weighted by molar-refractivity contribution is 7.49. The zero-order valence-electron chi connectivity index (χ0n) is 11.6. The summed E-state index contributed by atoms with van der Waals surface area (Å²) < 4.78 is 28.5. The fourth-order valence-electron chi connectivity index (χ4n) is 2.86. The lowest BCUT2D eigenvalue weighted by molar-refractivity contribution is 0.234. The fraction of sp³-hybridized carbons (Fsp3) is 0.250. The largest absolute Gasteiger partial charge is 0.530 e. The summed E-state index contributed by atoms with van der Waals surface area (Å²) in [5, 5.41) is 0. The van der Waals surface area contributed by atoms with E-state index >= 15 is 0 Å². The number of rotatable bonds is 2. The second-order valence-corrected chi connectivity index (χ2v) is 6.91. The minimum atomic E-state index is -3.48. The predicted molar refractivity (Wildman–Crippen MR) is 79.4 cm³/mol. The third kappa shape index (κ3) is 2.20. The predicted octanol–water partition coefficient (Wildman–Crippen LogP) is 4.18. The van der Waals surface area contributed by atoms with Crippen LogP contribution in [-0.4, -0.2) is 12.7 Å². The van der Waals surface area contributed by atoms with Gasteiger partial charge in [0.1, 0.15) is 5.75 Å². The van der Waals surface area contributed by atoms with Gasteiger partial charge in [0.15, 0.2) is 0 Å². The third-order valence-electron chi connectivity index (χ3n) is 3.79. The Kier molecular flexibility index (Phi) is 2.93. The van der Waals surface area contributed by atoms with Crippen molar-refractivity contribution in [1.29, 1.82) is 0 Å². The molecule has 1 saturated heterocycles. The van der Waals surface area contributed by atoms with Gasteiger partial charge < -0.3 is 4.52 Å². The van der Waals surface area contributed by atoms with Gasteiger partial charge in [-0.1, -0.05) is 36.4 Å². The van der Waals surface area contributed by atoms with Gasteiger partial charge in [0, 0.05) is 12.0 Å². The zero-order valence-corrected chi connectivity index (χ0v) is 12.5. The molecule has 2 aliphatic rings. The Morgan fingerprint density at radius 3 is 2.76 bits per heavy atom. The highest BCUT2D eigenvalue weighted by Gasteiger charge is 2.39. The first-order valence-corrected chi connectivity index (χ1v) is 8.43. The molecule has 0 bridgehead atoms. The number of benzene rings is 2. The fourth-order valence-corrected chi connectivity index (χ4v) is 4.32. The number of phosphoric ester groups is 1. The second kappa shape index (κ2) is 4.70. The number of fused-ring (bicyclic) bond motifs is 3. The van der Waals surface area contributed by atoms with Crippen LogP contribution in [0.15, 0.2) is 42.5 Å². The van der Waals surface area contributed by atoms with Gasteiger partial charge in [0.2, 0.25) is 0 Å². The maximum absolute atomic E-state index is 12.4. The highest BCUT2D eigenvalue weighted by atomic mass is 31.2. The van der Waals surface area contributed by atoms with Crippen molar-refractivity contribution in [2.24, 2.45) is 0 Å². The van der Waals surface area contributed by atoms with Crippen molar-refractivity contribution >= 4 is 7.82 Å². The molecule has 1 heterocycles. The molecule has 1 aliphatic heterocycles. The number of hydrogen-bond donors (Lipinski definition) is 0. The van der Waals surface area contributed by atoms with E-state index in [2.05, 4.69) is 18.2 Å². The van der Waals surface area contributed by atoms with Crippen LogP contribution in [0.3, 0.4) is 0 Å². The van der Waals surface area contributed by atoms with Crippen LogP contribution in [0.5, 0.6) is 5.75 Å². The highest BCUT2D eigenvalue weighted by Crippen LogP contribution is 2.56. The number of hydrogen-bond acceptors (Lipinski definition) is 4. The van der Waals surface area contributed by atoms with Crippen LogP contribution in [0.2, 0.25) is 0 Å². The molecule has 1 fully saturated rings. The first-order valence-electron chi connectivity index (χ1n) is 6.97. The van der Waals surface area contributed by atoms with E-state index in [1.54, 1.807) is 0 Å². The number of phosphoric acid groups is 1. The van der Waals surface area contributed by atoms with E-state index in [1.807, 2.05) is 31.2 Å². The van der Waals surface area contributed by atoms with Gasteiger partial charge >= 0.3 is 7.82 Å². The lowest BCUT2D eigenvalue weighted by atomic mass is 10.1. The van der Waals surface area contributed by atoms with Crippen LogP contribution < -0.4 is 4.52 Å². The lowest BCUT2D eigenvalue weighted by Crippen LogP contribution is -2.01. The molecule has 1 aliphatic carbocycles. The van der Waals surface area contributed by atoms with Crippen LogP contribution in [0.1, 0.15) is 18.1 Å². The average Bonchev–Trinajstić information content (AvgIpc) is 3.00. The van der Waals surface area contributed by atoms with Gasteiger partial charge in [-0.25, -0.2) is 4.57 Å².